The zero-order valence-electron chi connectivity index (χ0n) is 13.4. The van der Waals surface area contributed by atoms with Gasteiger partial charge in [0, 0.05) is 5.30 Å². The topological polar surface area (TPSA) is 0 Å². The van der Waals surface area contributed by atoms with Crippen molar-refractivity contribution in [3.63, 3.8) is 0 Å². The van der Waals surface area contributed by atoms with Crippen molar-refractivity contribution >= 4 is 34.4 Å². The molecule has 2 rings (SSSR count). The predicted octanol–water partition coefficient (Wildman–Crippen LogP) is 6.96. The molecule has 0 radical (unpaired) electrons. The highest BCUT2D eigenvalue weighted by Gasteiger charge is 2.22. The molecule has 1 unspecified atom stereocenters. The monoisotopic (exact) mass is 352 g/mol. The standard InChI is InChI=1S/C19H23Cl2P/c1-4-16(13-15-9-6-5-7-10-15)18-12-8-11-17(14(2)3)19(18)22(20)21/h5-12,14,16H,4,13H2,1-3H3. The number of halogens is 2. The summed E-state index contributed by atoms with van der Waals surface area (Å²) in [5.41, 5.74) is 3.98. The Bertz CT molecular complexity index is 594. The molecule has 1 atom stereocenters. The molecule has 0 N–H and O–H groups in total. The van der Waals surface area contributed by atoms with Gasteiger partial charge in [-0.05, 0) is 41.4 Å². The molecular weight excluding hydrogens is 330 g/mol. The Labute approximate surface area is 145 Å². The highest BCUT2D eigenvalue weighted by Crippen LogP contribution is 2.49. The first-order valence-electron chi connectivity index (χ1n) is 7.83. The van der Waals surface area contributed by atoms with E-state index in [2.05, 4.69) is 69.3 Å². The summed E-state index contributed by atoms with van der Waals surface area (Å²) >= 11 is 12.8. The van der Waals surface area contributed by atoms with Gasteiger partial charge in [0.05, 0.1) is 0 Å². The maximum absolute atomic E-state index is 6.39. The van der Waals surface area contributed by atoms with Crippen molar-refractivity contribution in [2.75, 3.05) is 0 Å². The van der Waals surface area contributed by atoms with Crippen LogP contribution >= 0.6 is 29.1 Å². The number of benzene rings is 2. The van der Waals surface area contributed by atoms with E-state index in [0.717, 1.165) is 12.8 Å². The van der Waals surface area contributed by atoms with Crippen LogP contribution in [0.4, 0.5) is 0 Å². The van der Waals surface area contributed by atoms with E-state index < -0.39 is 6.63 Å². The molecular formula is C19H23Cl2P. The largest absolute Gasteiger partial charge is 0.117 e. The molecule has 0 spiro atoms. The fourth-order valence-corrected chi connectivity index (χ4v) is 5.09. The number of hydrogen-bond donors (Lipinski definition) is 0. The van der Waals surface area contributed by atoms with Crippen LogP contribution in [0, 0.1) is 0 Å². The van der Waals surface area contributed by atoms with Crippen LogP contribution < -0.4 is 5.30 Å². The van der Waals surface area contributed by atoms with Crippen LogP contribution in [0.3, 0.4) is 0 Å². The van der Waals surface area contributed by atoms with Crippen LogP contribution in [0.15, 0.2) is 48.5 Å². The highest BCUT2D eigenvalue weighted by molar-refractivity contribution is 8.09. The molecule has 0 bridgehead atoms. The molecule has 0 aliphatic carbocycles. The molecule has 0 nitrogen and oxygen atoms in total. The van der Waals surface area contributed by atoms with Crippen molar-refractivity contribution in [3.8, 4) is 0 Å². The lowest BCUT2D eigenvalue weighted by Crippen LogP contribution is -2.17. The fourth-order valence-electron chi connectivity index (χ4n) is 2.94. The van der Waals surface area contributed by atoms with Crippen molar-refractivity contribution in [3.05, 3.63) is 65.2 Å². The summed E-state index contributed by atoms with van der Waals surface area (Å²) in [6.45, 7) is 5.51. The van der Waals surface area contributed by atoms with Gasteiger partial charge in [-0.25, -0.2) is 0 Å². The summed E-state index contributed by atoms with van der Waals surface area (Å²) in [7, 11) is 0. The Hall–Kier alpha value is -0.550. The molecule has 0 saturated carbocycles. The van der Waals surface area contributed by atoms with Crippen LogP contribution in [0.25, 0.3) is 0 Å². The van der Waals surface area contributed by atoms with Gasteiger partial charge < -0.3 is 0 Å². The molecule has 0 aromatic heterocycles. The van der Waals surface area contributed by atoms with E-state index in [9.17, 15) is 0 Å². The van der Waals surface area contributed by atoms with Crippen molar-refractivity contribution in [2.24, 2.45) is 0 Å². The maximum atomic E-state index is 6.39. The normalized spacial score (nSPS) is 12.9. The van der Waals surface area contributed by atoms with E-state index >= 15 is 0 Å². The molecule has 0 fully saturated rings. The second-order valence-corrected chi connectivity index (χ2v) is 9.43. The van der Waals surface area contributed by atoms with Crippen LogP contribution in [-0.4, -0.2) is 0 Å². The van der Waals surface area contributed by atoms with Crippen LogP contribution in [0.2, 0.25) is 0 Å². The zero-order valence-corrected chi connectivity index (χ0v) is 15.8. The quantitative estimate of drug-likeness (QED) is 0.492. The first-order chi connectivity index (χ1) is 10.5. The third-order valence-electron chi connectivity index (χ3n) is 4.15. The van der Waals surface area contributed by atoms with Gasteiger partial charge in [-0.15, -0.1) is 0 Å². The molecule has 2 aromatic rings. The van der Waals surface area contributed by atoms with E-state index in [-0.39, 0.29) is 0 Å². The Morgan fingerprint density at radius 1 is 0.909 bits per heavy atom. The summed E-state index contributed by atoms with van der Waals surface area (Å²) in [6.07, 6.45) is 2.11. The molecule has 118 valence electrons. The third kappa shape index (κ3) is 4.25. The Morgan fingerprint density at radius 2 is 1.55 bits per heavy atom. The van der Waals surface area contributed by atoms with Crippen molar-refractivity contribution in [1.29, 1.82) is 0 Å². The van der Waals surface area contributed by atoms with Gasteiger partial charge in [0.15, 0.2) is 0 Å². The second-order valence-electron chi connectivity index (χ2n) is 5.97. The van der Waals surface area contributed by atoms with Gasteiger partial charge in [-0.1, -0.05) is 91.8 Å². The molecule has 2 aromatic carbocycles. The van der Waals surface area contributed by atoms with Crippen LogP contribution in [0.5, 0.6) is 0 Å². The SMILES string of the molecule is CCC(Cc1ccccc1)c1cccc(C(C)C)c1P(Cl)Cl. The molecule has 0 aliphatic rings. The highest BCUT2D eigenvalue weighted by atomic mass is 35.9. The lowest BCUT2D eigenvalue weighted by molar-refractivity contribution is 0.662. The van der Waals surface area contributed by atoms with Gasteiger partial charge in [-0.2, -0.15) is 0 Å². The molecule has 0 amide bonds. The van der Waals surface area contributed by atoms with Gasteiger partial charge in [0.1, 0.15) is 6.63 Å². The molecule has 22 heavy (non-hydrogen) atoms. The minimum Gasteiger partial charge on any atom is -0.0727 e. The number of hydrogen-bond acceptors (Lipinski definition) is 0. The first kappa shape index (κ1) is 17.8. The molecule has 3 heteroatoms. The van der Waals surface area contributed by atoms with Crippen molar-refractivity contribution in [1.82, 2.24) is 0 Å². The van der Waals surface area contributed by atoms with E-state index in [4.69, 9.17) is 22.5 Å². The lowest BCUT2D eigenvalue weighted by Gasteiger charge is -2.23. The van der Waals surface area contributed by atoms with E-state index in [0.29, 0.717) is 11.8 Å². The van der Waals surface area contributed by atoms with Crippen molar-refractivity contribution in [2.45, 2.75) is 45.4 Å². The van der Waals surface area contributed by atoms with Crippen LogP contribution in [-0.2, 0) is 6.42 Å². The first-order valence-corrected chi connectivity index (χ1v) is 11.0. The Kier molecular flexibility index (Phi) is 6.75. The summed E-state index contributed by atoms with van der Waals surface area (Å²) in [4.78, 5) is 0. The number of rotatable bonds is 6. The third-order valence-corrected chi connectivity index (χ3v) is 6.02. The molecule has 0 heterocycles. The minimum absolute atomic E-state index is 0.437. The predicted molar refractivity (Wildman–Crippen MR) is 102 cm³/mol. The molecule has 0 aliphatic heterocycles. The minimum atomic E-state index is -1.14. The average molecular weight is 353 g/mol. The van der Waals surface area contributed by atoms with E-state index in [1.807, 2.05) is 0 Å². The van der Waals surface area contributed by atoms with E-state index in [1.165, 1.54) is 22.0 Å². The van der Waals surface area contributed by atoms with E-state index in [1.54, 1.807) is 0 Å². The zero-order chi connectivity index (χ0) is 16.1. The Morgan fingerprint density at radius 3 is 2.09 bits per heavy atom. The summed E-state index contributed by atoms with van der Waals surface area (Å²) < 4.78 is 0. The van der Waals surface area contributed by atoms with Gasteiger partial charge in [0.2, 0.25) is 0 Å². The second kappa shape index (κ2) is 8.34. The summed E-state index contributed by atoms with van der Waals surface area (Å²) in [6, 6.07) is 17.2. The average Bonchev–Trinajstić information content (AvgIpc) is 2.52. The smallest absolute Gasteiger partial charge is 0.0727 e. The van der Waals surface area contributed by atoms with Crippen molar-refractivity contribution < 1.29 is 0 Å². The Balaban J connectivity index is 2.42. The van der Waals surface area contributed by atoms with Gasteiger partial charge >= 0.3 is 0 Å². The molecule has 0 saturated heterocycles. The van der Waals surface area contributed by atoms with Gasteiger partial charge in [0.25, 0.3) is 0 Å². The lowest BCUT2D eigenvalue weighted by atomic mass is 9.87. The van der Waals surface area contributed by atoms with Gasteiger partial charge in [-0.3, -0.25) is 0 Å². The summed E-state index contributed by atoms with van der Waals surface area (Å²) in [5, 5.41) is 1.18. The fraction of sp³-hybridized carbons (Fsp3) is 0.368. The maximum Gasteiger partial charge on any atom is 0.117 e. The summed E-state index contributed by atoms with van der Waals surface area (Å²) in [5.74, 6) is 0.894. The van der Waals surface area contributed by atoms with Crippen LogP contribution in [0.1, 0.15) is 55.7 Å².